The number of halogens is 2. The molecule has 1 heterocycles. The van der Waals surface area contributed by atoms with Crippen molar-refractivity contribution in [3.05, 3.63) is 27.1 Å². The third kappa shape index (κ3) is 3.58. The lowest BCUT2D eigenvalue weighted by Crippen LogP contribution is -2.60. The number of benzene rings is 1. The van der Waals surface area contributed by atoms with Crippen molar-refractivity contribution in [2.24, 2.45) is 11.8 Å². The molecule has 0 bridgehead atoms. The fraction of sp³-hybridized carbons (Fsp3) is 0.625. The molecule has 1 saturated heterocycles. The third-order valence-electron chi connectivity index (χ3n) is 4.17. The molecular weight excluding hydrogens is 380 g/mol. The molecule has 0 spiro atoms. The Labute approximate surface area is 139 Å². The van der Waals surface area contributed by atoms with Gasteiger partial charge in [0.1, 0.15) is 0 Å². The molecule has 0 radical (unpaired) electrons. The van der Waals surface area contributed by atoms with E-state index >= 15 is 0 Å². The molecule has 2 atom stereocenters. The minimum atomic E-state index is 0.538. The van der Waals surface area contributed by atoms with Gasteiger partial charge in [0.2, 0.25) is 0 Å². The summed E-state index contributed by atoms with van der Waals surface area (Å²) < 4.78 is 2.31. The highest BCUT2D eigenvalue weighted by molar-refractivity contribution is 9.11. The molecule has 0 amide bonds. The molecule has 2 unspecified atom stereocenters. The van der Waals surface area contributed by atoms with Crippen LogP contribution in [0.15, 0.2) is 27.1 Å². The minimum absolute atomic E-state index is 0.538. The standard InChI is InChI=1S/C16H24Br2N2/c1-10(2)14-9-20(16(8-19-14)11(3)4)15-7-12(17)5-6-13(15)18/h5-7,10-11,14,16,19H,8-9H2,1-4H3. The van der Waals surface area contributed by atoms with Gasteiger partial charge in [0.25, 0.3) is 0 Å². The Balaban J connectivity index is 2.33. The van der Waals surface area contributed by atoms with Crippen LogP contribution in [0.25, 0.3) is 0 Å². The van der Waals surface area contributed by atoms with E-state index in [-0.39, 0.29) is 0 Å². The summed E-state index contributed by atoms with van der Waals surface area (Å²) in [6.07, 6.45) is 0. The molecule has 0 aliphatic carbocycles. The van der Waals surface area contributed by atoms with Gasteiger partial charge in [0.15, 0.2) is 0 Å². The molecule has 2 nitrogen and oxygen atoms in total. The van der Waals surface area contributed by atoms with Gasteiger partial charge in [-0.1, -0.05) is 43.6 Å². The largest absolute Gasteiger partial charge is 0.364 e. The Kier molecular flexibility index (Phi) is 5.55. The number of nitrogens with one attached hydrogen (secondary N) is 1. The summed E-state index contributed by atoms with van der Waals surface area (Å²) in [5.41, 5.74) is 1.30. The van der Waals surface area contributed by atoms with E-state index in [1.165, 1.54) is 10.2 Å². The van der Waals surface area contributed by atoms with E-state index in [4.69, 9.17) is 0 Å². The Hall–Kier alpha value is -0.0600. The molecule has 1 N–H and O–H groups in total. The number of hydrogen-bond donors (Lipinski definition) is 1. The van der Waals surface area contributed by atoms with Gasteiger partial charge in [-0.05, 0) is 46.0 Å². The van der Waals surface area contributed by atoms with Gasteiger partial charge in [-0.25, -0.2) is 0 Å². The van der Waals surface area contributed by atoms with Crippen molar-refractivity contribution < 1.29 is 0 Å². The van der Waals surface area contributed by atoms with Gasteiger partial charge in [0, 0.05) is 34.1 Å². The predicted molar refractivity (Wildman–Crippen MR) is 94.4 cm³/mol. The summed E-state index contributed by atoms with van der Waals surface area (Å²) in [5, 5.41) is 3.72. The van der Waals surface area contributed by atoms with Crippen LogP contribution in [0.2, 0.25) is 0 Å². The molecule has 20 heavy (non-hydrogen) atoms. The van der Waals surface area contributed by atoms with Crippen LogP contribution in [0.4, 0.5) is 5.69 Å². The van der Waals surface area contributed by atoms with Crippen molar-refractivity contribution in [3.63, 3.8) is 0 Å². The van der Waals surface area contributed by atoms with Gasteiger partial charge in [0.05, 0.1) is 5.69 Å². The monoisotopic (exact) mass is 402 g/mol. The van der Waals surface area contributed by atoms with Crippen molar-refractivity contribution >= 4 is 37.5 Å². The van der Waals surface area contributed by atoms with Crippen molar-refractivity contribution in [2.75, 3.05) is 18.0 Å². The lowest BCUT2D eigenvalue weighted by molar-refractivity contribution is 0.295. The van der Waals surface area contributed by atoms with Crippen LogP contribution in [0.3, 0.4) is 0 Å². The molecule has 1 aromatic rings. The van der Waals surface area contributed by atoms with Gasteiger partial charge >= 0.3 is 0 Å². The zero-order chi connectivity index (χ0) is 14.9. The first-order valence-corrected chi connectivity index (χ1v) is 8.93. The topological polar surface area (TPSA) is 15.3 Å². The fourth-order valence-electron chi connectivity index (χ4n) is 2.82. The first kappa shape index (κ1) is 16.3. The Morgan fingerprint density at radius 1 is 1.15 bits per heavy atom. The molecule has 1 aromatic carbocycles. The highest BCUT2D eigenvalue weighted by atomic mass is 79.9. The minimum Gasteiger partial charge on any atom is -0.364 e. The SMILES string of the molecule is CC(C)C1CN(c2cc(Br)ccc2Br)C(C(C)C)CN1. The second-order valence-corrected chi connectivity index (χ2v) is 8.09. The van der Waals surface area contributed by atoms with Crippen LogP contribution in [0.5, 0.6) is 0 Å². The van der Waals surface area contributed by atoms with Gasteiger partial charge in [-0.3, -0.25) is 0 Å². The van der Waals surface area contributed by atoms with E-state index in [9.17, 15) is 0 Å². The maximum atomic E-state index is 3.72. The van der Waals surface area contributed by atoms with Crippen LogP contribution in [-0.2, 0) is 0 Å². The van der Waals surface area contributed by atoms with Crippen LogP contribution in [0, 0.1) is 11.8 Å². The summed E-state index contributed by atoms with van der Waals surface area (Å²) in [7, 11) is 0. The molecule has 1 aliphatic rings. The molecule has 0 aromatic heterocycles. The smallest absolute Gasteiger partial charge is 0.0525 e. The molecule has 1 fully saturated rings. The summed E-state index contributed by atoms with van der Waals surface area (Å²) in [4.78, 5) is 2.57. The second-order valence-electron chi connectivity index (χ2n) is 6.32. The average molecular weight is 404 g/mol. The quantitative estimate of drug-likeness (QED) is 0.788. The van der Waals surface area contributed by atoms with Gasteiger partial charge < -0.3 is 10.2 Å². The lowest BCUT2D eigenvalue weighted by Gasteiger charge is -2.45. The number of piperazine rings is 1. The molecular formula is C16H24Br2N2. The average Bonchev–Trinajstić information content (AvgIpc) is 2.40. The van der Waals surface area contributed by atoms with E-state index in [0.29, 0.717) is 23.9 Å². The van der Waals surface area contributed by atoms with E-state index in [1.54, 1.807) is 0 Å². The Morgan fingerprint density at radius 3 is 2.45 bits per heavy atom. The lowest BCUT2D eigenvalue weighted by atomic mass is 9.93. The van der Waals surface area contributed by atoms with Crippen LogP contribution in [-0.4, -0.2) is 25.2 Å². The number of rotatable bonds is 3. The first-order valence-electron chi connectivity index (χ1n) is 7.35. The second kappa shape index (κ2) is 6.80. The van der Waals surface area contributed by atoms with E-state index in [1.807, 2.05) is 0 Å². The van der Waals surface area contributed by atoms with Crippen LogP contribution < -0.4 is 10.2 Å². The first-order chi connectivity index (χ1) is 9.40. The van der Waals surface area contributed by atoms with Crippen LogP contribution >= 0.6 is 31.9 Å². The maximum Gasteiger partial charge on any atom is 0.0525 e. The van der Waals surface area contributed by atoms with Crippen LogP contribution in [0.1, 0.15) is 27.7 Å². The molecule has 4 heteroatoms. The fourth-order valence-corrected chi connectivity index (χ4v) is 3.64. The zero-order valence-electron chi connectivity index (χ0n) is 12.7. The number of anilines is 1. The van der Waals surface area contributed by atoms with Crippen molar-refractivity contribution in [3.8, 4) is 0 Å². The predicted octanol–water partition coefficient (Wildman–Crippen LogP) is 4.67. The summed E-state index contributed by atoms with van der Waals surface area (Å²) >= 11 is 7.32. The van der Waals surface area contributed by atoms with E-state index < -0.39 is 0 Å². The Bertz CT molecular complexity index is 460. The van der Waals surface area contributed by atoms with Gasteiger partial charge in [-0.2, -0.15) is 0 Å². The highest BCUT2D eigenvalue weighted by Crippen LogP contribution is 2.33. The molecule has 0 saturated carbocycles. The molecule has 1 aliphatic heterocycles. The number of hydrogen-bond acceptors (Lipinski definition) is 2. The van der Waals surface area contributed by atoms with E-state index in [2.05, 4.69) is 88.0 Å². The van der Waals surface area contributed by atoms with Crippen molar-refractivity contribution in [1.82, 2.24) is 5.32 Å². The normalized spacial score (nSPS) is 23.7. The third-order valence-corrected chi connectivity index (χ3v) is 5.34. The highest BCUT2D eigenvalue weighted by Gasteiger charge is 2.32. The maximum absolute atomic E-state index is 3.72. The van der Waals surface area contributed by atoms with Gasteiger partial charge in [-0.15, -0.1) is 0 Å². The Morgan fingerprint density at radius 2 is 1.85 bits per heavy atom. The summed E-state index contributed by atoms with van der Waals surface area (Å²) in [6, 6.07) is 7.53. The van der Waals surface area contributed by atoms with E-state index in [0.717, 1.165) is 17.6 Å². The summed E-state index contributed by atoms with van der Waals surface area (Å²) in [6.45, 7) is 11.3. The number of nitrogens with zero attached hydrogens (tertiary/aromatic N) is 1. The molecule has 112 valence electrons. The van der Waals surface area contributed by atoms with Crippen molar-refractivity contribution in [1.29, 1.82) is 0 Å². The molecule has 2 rings (SSSR count). The van der Waals surface area contributed by atoms with Crippen molar-refractivity contribution in [2.45, 2.75) is 39.8 Å². The summed E-state index contributed by atoms with van der Waals surface area (Å²) in [5.74, 6) is 1.28. The zero-order valence-corrected chi connectivity index (χ0v) is 15.8.